The smallest absolute Gasteiger partial charge is 0.315 e. The van der Waals surface area contributed by atoms with Crippen molar-refractivity contribution in [3.05, 3.63) is 12.2 Å². The molecule has 8 atom stereocenters. The highest BCUT2D eigenvalue weighted by molar-refractivity contribution is 6.06. The van der Waals surface area contributed by atoms with E-state index in [1.54, 1.807) is 0 Å². The minimum Gasteiger partial charge on any atom is -0.429 e. The van der Waals surface area contributed by atoms with E-state index in [2.05, 4.69) is 6.58 Å². The van der Waals surface area contributed by atoms with Crippen LogP contribution in [0.25, 0.3) is 0 Å². The number of hydrogen-bond donors (Lipinski definition) is 3. The zero-order chi connectivity index (χ0) is 18.9. The Hall–Kier alpha value is -1.24. The molecule has 26 heavy (non-hydrogen) atoms. The molecule has 2 heterocycles. The van der Waals surface area contributed by atoms with Crippen molar-refractivity contribution in [2.45, 2.75) is 63.9 Å². The van der Waals surface area contributed by atoms with Gasteiger partial charge in [0.05, 0.1) is 11.5 Å². The normalized spacial score (nSPS) is 56.8. The molecule has 4 saturated carbocycles. The number of ether oxygens (including phenoxy) is 1. The second-order valence-electron chi connectivity index (χ2n) is 9.80. The van der Waals surface area contributed by atoms with Crippen molar-refractivity contribution in [2.75, 3.05) is 0 Å². The van der Waals surface area contributed by atoms with Crippen LogP contribution in [0.1, 0.15) is 46.0 Å². The number of aliphatic hydroxyl groups excluding tert-OH is 2. The van der Waals surface area contributed by atoms with Crippen molar-refractivity contribution in [3.8, 4) is 0 Å². The molecule has 3 N–H and O–H groups in total. The first-order valence-corrected chi connectivity index (χ1v) is 9.62. The molecule has 0 aromatic heterocycles. The molecule has 0 unspecified atom stereocenters. The zero-order valence-corrected chi connectivity index (χ0v) is 15.2. The Labute approximate surface area is 152 Å². The van der Waals surface area contributed by atoms with Crippen LogP contribution in [0.15, 0.2) is 12.2 Å². The van der Waals surface area contributed by atoms with Crippen molar-refractivity contribution < 1.29 is 29.6 Å². The highest BCUT2D eigenvalue weighted by atomic mass is 16.7. The number of hydrogen-bond acceptors (Lipinski definition) is 6. The first kappa shape index (κ1) is 16.9. The van der Waals surface area contributed by atoms with Crippen LogP contribution in [0, 0.1) is 34.0 Å². The van der Waals surface area contributed by atoms with Gasteiger partial charge in [0.25, 0.3) is 5.79 Å². The van der Waals surface area contributed by atoms with E-state index in [1.807, 2.05) is 13.8 Å². The largest absolute Gasteiger partial charge is 0.429 e. The lowest BCUT2D eigenvalue weighted by Gasteiger charge is -2.72. The van der Waals surface area contributed by atoms with E-state index in [0.717, 1.165) is 12.8 Å². The van der Waals surface area contributed by atoms with E-state index in [4.69, 9.17) is 4.74 Å². The molecule has 6 nitrogen and oxygen atoms in total. The molecule has 6 rings (SSSR count). The number of carbonyl (C=O) groups excluding carboxylic acids is 2. The molecular weight excluding hydrogens is 336 g/mol. The highest BCUT2D eigenvalue weighted by Gasteiger charge is 2.88. The second-order valence-corrected chi connectivity index (χ2v) is 9.80. The summed E-state index contributed by atoms with van der Waals surface area (Å²) in [6, 6.07) is 0. The predicted octanol–water partition coefficient (Wildman–Crippen LogP) is 0.931. The Morgan fingerprint density at radius 2 is 1.81 bits per heavy atom. The maximum absolute atomic E-state index is 13.3. The van der Waals surface area contributed by atoms with Gasteiger partial charge in [-0.15, -0.1) is 0 Å². The Morgan fingerprint density at radius 3 is 2.50 bits per heavy atom. The fourth-order valence-corrected chi connectivity index (χ4v) is 7.80. The lowest BCUT2D eigenvalue weighted by molar-refractivity contribution is -0.414. The van der Waals surface area contributed by atoms with Gasteiger partial charge in [-0.2, -0.15) is 0 Å². The van der Waals surface area contributed by atoms with E-state index in [-0.39, 0.29) is 11.0 Å². The summed E-state index contributed by atoms with van der Waals surface area (Å²) in [5, 5.41) is 33.9. The standard InChI is InChI=1S/C20H26O6/c1-9-10-5-6-11-18-8-4-7-17(2,3)12(18)15(23)20(25,26-16(18)24)19(11,13(9)21)14(10)22/h10-12,14-15,22-23,25H,1,4-8H2,2-3H3/t10-,11+,12-,14-,15+,18-,19+,20-/m1/s1. The van der Waals surface area contributed by atoms with Crippen molar-refractivity contribution in [2.24, 2.45) is 34.0 Å². The van der Waals surface area contributed by atoms with Gasteiger partial charge in [0.2, 0.25) is 0 Å². The first-order chi connectivity index (χ1) is 12.1. The highest BCUT2D eigenvalue weighted by Crippen LogP contribution is 2.76. The summed E-state index contributed by atoms with van der Waals surface area (Å²) in [7, 11) is 0. The van der Waals surface area contributed by atoms with Crippen LogP contribution in [0.2, 0.25) is 0 Å². The fraction of sp³-hybridized carbons (Fsp3) is 0.800. The van der Waals surface area contributed by atoms with Gasteiger partial charge in [-0.25, -0.2) is 0 Å². The summed E-state index contributed by atoms with van der Waals surface area (Å²) in [5.74, 6) is -4.84. The van der Waals surface area contributed by atoms with E-state index < -0.39 is 58.3 Å². The molecule has 0 aromatic rings. The summed E-state index contributed by atoms with van der Waals surface area (Å²) in [6.45, 7) is 7.87. The molecule has 4 aliphatic carbocycles. The topological polar surface area (TPSA) is 104 Å². The SMILES string of the molecule is C=C1C(=O)[C@]23[C@H](O)[C@@H]1CC[C@H]2[C@]12CCCC(C)(C)[C@H]1[C@H](O)[C@@]3(O)OC2=O. The minimum absolute atomic E-state index is 0.284. The number of esters is 1. The molecule has 0 aromatic carbocycles. The number of rotatable bonds is 0. The van der Waals surface area contributed by atoms with Crippen molar-refractivity contribution in [1.82, 2.24) is 0 Å². The number of ketones is 1. The Bertz CT molecular complexity index is 757. The summed E-state index contributed by atoms with van der Waals surface area (Å²) in [6.07, 6.45) is 0.634. The van der Waals surface area contributed by atoms with Gasteiger partial charge in [-0.3, -0.25) is 9.59 Å². The van der Waals surface area contributed by atoms with Gasteiger partial charge in [0, 0.05) is 11.8 Å². The molecule has 2 spiro atoms. The number of fused-ring (bicyclic) bond motifs is 2. The van der Waals surface area contributed by atoms with E-state index >= 15 is 0 Å². The van der Waals surface area contributed by atoms with Gasteiger partial charge in [-0.1, -0.05) is 26.8 Å². The van der Waals surface area contributed by atoms with Crippen molar-refractivity contribution in [1.29, 1.82) is 0 Å². The van der Waals surface area contributed by atoms with Crippen LogP contribution >= 0.6 is 0 Å². The molecule has 142 valence electrons. The van der Waals surface area contributed by atoms with Crippen molar-refractivity contribution in [3.63, 3.8) is 0 Å². The zero-order valence-electron chi connectivity index (χ0n) is 15.2. The van der Waals surface area contributed by atoms with E-state index in [1.165, 1.54) is 0 Å². The Morgan fingerprint density at radius 1 is 1.12 bits per heavy atom. The van der Waals surface area contributed by atoms with Crippen LogP contribution in [0.3, 0.4) is 0 Å². The lowest BCUT2D eigenvalue weighted by Crippen LogP contribution is -2.85. The Balaban J connectivity index is 1.83. The van der Waals surface area contributed by atoms with Gasteiger partial charge in [-0.05, 0) is 42.6 Å². The monoisotopic (exact) mass is 362 g/mol. The first-order valence-electron chi connectivity index (χ1n) is 9.62. The molecular formula is C20H26O6. The molecule has 2 aliphatic heterocycles. The molecule has 6 aliphatic rings. The molecule has 0 amide bonds. The van der Waals surface area contributed by atoms with Crippen LogP contribution in [0.4, 0.5) is 0 Å². The van der Waals surface area contributed by atoms with E-state index in [0.29, 0.717) is 19.3 Å². The van der Waals surface area contributed by atoms with Crippen LogP contribution in [0.5, 0.6) is 0 Å². The Kier molecular flexibility index (Phi) is 2.87. The third-order valence-corrected chi connectivity index (χ3v) is 8.65. The molecule has 2 saturated heterocycles. The second kappa shape index (κ2) is 4.42. The minimum atomic E-state index is -2.40. The van der Waals surface area contributed by atoms with Crippen LogP contribution in [-0.4, -0.2) is 45.1 Å². The third-order valence-electron chi connectivity index (χ3n) is 8.65. The summed E-state index contributed by atoms with van der Waals surface area (Å²) in [4.78, 5) is 26.5. The van der Waals surface area contributed by atoms with E-state index in [9.17, 15) is 24.9 Å². The summed E-state index contributed by atoms with van der Waals surface area (Å²) < 4.78 is 5.46. The van der Waals surface area contributed by atoms with Crippen LogP contribution in [-0.2, 0) is 14.3 Å². The van der Waals surface area contributed by atoms with Gasteiger partial charge >= 0.3 is 5.97 Å². The average molecular weight is 362 g/mol. The summed E-state index contributed by atoms with van der Waals surface area (Å²) >= 11 is 0. The van der Waals surface area contributed by atoms with Gasteiger partial charge in [0.15, 0.2) is 5.78 Å². The molecule has 4 bridgehead atoms. The van der Waals surface area contributed by atoms with Gasteiger partial charge < -0.3 is 20.1 Å². The van der Waals surface area contributed by atoms with Crippen molar-refractivity contribution >= 4 is 11.8 Å². The number of carbonyl (C=O) groups is 2. The number of Topliss-reactive ketones (excluding diaryl/α,β-unsaturated/α-hetero) is 1. The maximum atomic E-state index is 13.3. The average Bonchev–Trinajstić information content (AvgIpc) is 2.66. The fourth-order valence-electron chi connectivity index (χ4n) is 7.80. The quantitative estimate of drug-likeness (QED) is 0.437. The summed E-state index contributed by atoms with van der Waals surface area (Å²) in [5.41, 5.74) is -2.83. The molecule has 6 fully saturated rings. The third kappa shape index (κ3) is 1.34. The lowest BCUT2D eigenvalue weighted by atomic mass is 9.36. The van der Waals surface area contributed by atoms with Crippen LogP contribution < -0.4 is 0 Å². The number of aliphatic hydroxyl groups is 3. The predicted molar refractivity (Wildman–Crippen MR) is 89.4 cm³/mol. The van der Waals surface area contributed by atoms with Gasteiger partial charge in [0.1, 0.15) is 11.5 Å². The molecule has 0 radical (unpaired) electrons. The molecule has 6 heteroatoms. The maximum Gasteiger partial charge on any atom is 0.315 e.